The van der Waals surface area contributed by atoms with Gasteiger partial charge in [-0.05, 0) is 42.8 Å². The summed E-state index contributed by atoms with van der Waals surface area (Å²) in [6.07, 6.45) is 2.08. The number of amides is 1. The van der Waals surface area contributed by atoms with E-state index in [4.69, 9.17) is 0 Å². The van der Waals surface area contributed by atoms with Crippen LogP contribution in [0.5, 0.6) is 0 Å². The van der Waals surface area contributed by atoms with Crippen LogP contribution in [0.1, 0.15) is 23.8 Å². The summed E-state index contributed by atoms with van der Waals surface area (Å²) in [7, 11) is 0. The molecule has 2 aromatic heterocycles. The van der Waals surface area contributed by atoms with Crippen molar-refractivity contribution in [3.05, 3.63) is 82.4 Å². The summed E-state index contributed by atoms with van der Waals surface area (Å²) >= 11 is 0. The number of carbonyl (C=O) groups is 1. The van der Waals surface area contributed by atoms with Gasteiger partial charge in [0.15, 0.2) is 11.6 Å². The van der Waals surface area contributed by atoms with Gasteiger partial charge in [-0.2, -0.15) is 5.10 Å². The van der Waals surface area contributed by atoms with Crippen molar-refractivity contribution < 1.29 is 13.6 Å². The van der Waals surface area contributed by atoms with Crippen molar-refractivity contribution in [2.45, 2.75) is 25.9 Å². The van der Waals surface area contributed by atoms with Gasteiger partial charge in [0.2, 0.25) is 0 Å². The van der Waals surface area contributed by atoms with Crippen molar-refractivity contribution in [1.82, 2.24) is 20.1 Å². The van der Waals surface area contributed by atoms with Gasteiger partial charge in [-0.25, -0.2) is 13.5 Å². The first-order valence-corrected chi connectivity index (χ1v) is 8.73. The predicted octanol–water partition coefficient (Wildman–Crippen LogP) is 2.79. The van der Waals surface area contributed by atoms with Gasteiger partial charge in [0, 0.05) is 23.9 Å². The third kappa shape index (κ3) is 4.46. The molecule has 3 aromatic rings. The Kier molecular flexibility index (Phi) is 5.88. The Labute approximate surface area is 159 Å². The second kappa shape index (κ2) is 8.51. The van der Waals surface area contributed by atoms with Crippen LogP contribution in [0.3, 0.4) is 0 Å². The van der Waals surface area contributed by atoms with Gasteiger partial charge in [0.25, 0.3) is 11.5 Å². The molecule has 6 nitrogen and oxygen atoms in total. The molecule has 0 aliphatic heterocycles. The minimum absolute atomic E-state index is 0.130. The highest BCUT2D eigenvalue weighted by Crippen LogP contribution is 2.18. The van der Waals surface area contributed by atoms with E-state index in [2.05, 4.69) is 15.4 Å². The normalized spacial score (nSPS) is 11.8. The molecule has 28 heavy (non-hydrogen) atoms. The molecule has 0 saturated heterocycles. The van der Waals surface area contributed by atoms with E-state index in [1.165, 1.54) is 29.1 Å². The molecule has 1 amide bonds. The number of hydrogen-bond acceptors (Lipinski definition) is 4. The van der Waals surface area contributed by atoms with Gasteiger partial charge in [-0.15, -0.1) is 0 Å². The van der Waals surface area contributed by atoms with Crippen LogP contribution >= 0.6 is 0 Å². The molecule has 0 unspecified atom stereocenters. The quantitative estimate of drug-likeness (QED) is 0.709. The highest BCUT2D eigenvalue weighted by molar-refractivity contribution is 5.92. The van der Waals surface area contributed by atoms with Crippen LogP contribution in [0.25, 0.3) is 11.3 Å². The van der Waals surface area contributed by atoms with Crippen LogP contribution in [-0.2, 0) is 6.54 Å². The topological polar surface area (TPSA) is 76.9 Å². The van der Waals surface area contributed by atoms with E-state index in [0.29, 0.717) is 17.7 Å². The van der Waals surface area contributed by atoms with Crippen LogP contribution in [0, 0.1) is 11.6 Å². The van der Waals surface area contributed by atoms with Crippen molar-refractivity contribution in [3.63, 3.8) is 0 Å². The van der Waals surface area contributed by atoms with E-state index in [1.54, 1.807) is 18.2 Å². The number of aromatic nitrogens is 3. The third-order valence-electron chi connectivity index (χ3n) is 4.20. The predicted molar refractivity (Wildman–Crippen MR) is 99.6 cm³/mol. The zero-order valence-electron chi connectivity index (χ0n) is 15.1. The molecule has 0 spiro atoms. The Hall–Kier alpha value is -3.42. The van der Waals surface area contributed by atoms with Crippen LogP contribution in [0.2, 0.25) is 0 Å². The van der Waals surface area contributed by atoms with Gasteiger partial charge >= 0.3 is 0 Å². The molecule has 1 aromatic carbocycles. The van der Waals surface area contributed by atoms with Crippen molar-refractivity contribution in [1.29, 1.82) is 0 Å². The molecule has 0 saturated carbocycles. The van der Waals surface area contributed by atoms with Gasteiger partial charge in [-0.1, -0.05) is 13.0 Å². The molecule has 144 valence electrons. The molecule has 8 heteroatoms. The molecular formula is C20H18F2N4O2. The molecule has 3 rings (SSSR count). The number of carbonyl (C=O) groups excluding carboxylic acids is 1. The largest absolute Gasteiger partial charge is 0.346 e. The first-order chi connectivity index (χ1) is 13.5. The van der Waals surface area contributed by atoms with E-state index >= 15 is 0 Å². The SMILES string of the molecule is CC[C@@H](Cn1nc(-c2ccc(F)c(F)c2)ccc1=O)NC(=O)c1ccccn1. The number of rotatable bonds is 6. The molecular weight excluding hydrogens is 366 g/mol. The van der Waals surface area contributed by atoms with Crippen LogP contribution in [0.15, 0.2) is 59.5 Å². The fourth-order valence-electron chi connectivity index (χ4n) is 2.63. The monoisotopic (exact) mass is 384 g/mol. The summed E-state index contributed by atoms with van der Waals surface area (Å²) in [6.45, 7) is 2.00. The molecule has 1 N–H and O–H groups in total. The average Bonchev–Trinajstić information content (AvgIpc) is 2.71. The van der Waals surface area contributed by atoms with Crippen molar-refractivity contribution >= 4 is 5.91 Å². The minimum Gasteiger partial charge on any atom is -0.346 e. The lowest BCUT2D eigenvalue weighted by Crippen LogP contribution is -2.40. The Balaban J connectivity index is 1.81. The Morgan fingerprint density at radius 2 is 1.96 bits per heavy atom. The third-order valence-corrected chi connectivity index (χ3v) is 4.20. The van der Waals surface area contributed by atoms with Crippen LogP contribution < -0.4 is 10.9 Å². The maximum absolute atomic E-state index is 13.5. The maximum atomic E-state index is 13.5. The van der Waals surface area contributed by atoms with Gasteiger partial charge in [0.05, 0.1) is 12.2 Å². The van der Waals surface area contributed by atoms with E-state index in [9.17, 15) is 18.4 Å². The maximum Gasteiger partial charge on any atom is 0.270 e. The molecule has 0 aliphatic carbocycles. The summed E-state index contributed by atoms with van der Waals surface area (Å²) in [6, 6.07) is 10.8. The zero-order chi connectivity index (χ0) is 20.1. The second-order valence-corrected chi connectivity index (χ2v) is 6.16. The fraction of sp³-hybridized carbons (Fsp3) is 0.200. The van der Waals surface area contributed by atoms with Crippen LogP contribution in [-0.4, -0.2) is 26.7 Å². The first-order valence-electron chi connectivity index (χ1n) is 8.73. The van der Waals surface area contributed by atoms with Crippen LogP contribution in [0.4, 0.5) is 8.78 Å². The Bertz CT molecular complexity index is 1040. The van der Waals surface area contributed by atoms with Crippen molar-refractivity contribution in [2.24, 2.45) is 0 Å². The smallest absolute Gasteiger partial charge is 0.270 e. The number of hydrogen-bond donors (Lipinski definition) is 1. The number of nitrogens with zero attached hydrogens (tertiary/aromatic N) is 3. The summed E-state index contributed by atoms with van der Waals surface area (Å²) in [4.78, 5) is 28.5. The highest BCUT2D eigenvalue weighted by Gasteiger charge is 2.15. The molecule has 0 aliphatic rings. The molecule has 0 fully saturated rings. The first kappa shape index (κ1) is 19.3. The van der Waals surface area contributed by atoms with Crippen molar-refractivity contribution in [3.8, 4) is 11.3 Å². The summed E-state index contributed by atoms with van der Waals surface area (Å²) in [5, 5.41) is 7.05. The number of halogens is 2. The summed E-state index contributed by atoms with van der Waals surface area (Å²) in [5.41, 5.74) is 0.580. The summed E-state index contributed by atoms with van der Waals surface area (Å²) < 4.78 is 27.8. The Morgan fingerprint density at radius 3 is 2.64 bits per heavy atom. The number of benzene rings is 1. The lowest BCUT2D eigenvalue weighted by molar-refractivity contribution is 0.0925. The standard InChI is InChI=1S/C20H18F2N4O2/c1-2-14(24-20(28)18-5-3-4-10-23-18)12-26-19(27)9-8-17(25-26)13-6-7-15(21)16(22)11-13/h3-11,14H,2,12H2,1H3,(H,24,28)/t14-/m0/s1. The van der Waals surface area contributed by atoms with E-state index in [1.807, 2.05) is 6.92 Å². The fourth-order valence-corrected chi connectivity index (χ4v) is 2.63. The van der Waals surface area contributed by atoms with Gasteiger partial charge in [-0.3, -0.25) is 14.6 Å². The molecule has 1 atom stereocenters. The van der Waals surface area contributed by atoms with E-state index < -0.39 is 11.6 Å². The minimum atomic E-state index is -0.994. The molecule has 0 radical (unpaired) electrons. The highest BCUT2D eigenvalue weighted by atomic mass is 19.2. The zero-order valence-corrected chi connectivity index (χ0v) is 15.1. The molecule has 0 bridgehead atoms. The van der Waals surface area contributed by atoms with E-state index in [-0.39, 0.29) is 29.7 Å². The second-order valence-electron chi connectivity index (χ2n) is 6.16. The molecule has 2 heterocycles. The van der Waals surface area contributed by atoms with E-state index in [0.717, 1.165) is 12.1 Å². The van der Waals surface area contributed by atoms with Gasteiger partial charge in [0.1, 0.15) is 5.69 Å². The lowest BCUT2D eigenvalue weighted by Gasteiger charge is -2.18. The number of pyridine rings is 1. The number of nitrogens with one attached hydrogen (secondary N) is 1. The average molecular weight is 384 g/mol. The van der Waals surface area contributed by atoms with Crippen molar-refractivity contribution in [2.75, 3.05) is 0 Å². The Morgan fingerprint density at radius 1 is 1.14 bits per heavy atom. The summed E-state index contributed by atoms with van der Waals surface area (Å²) in [5.74, 6) is -2.30. The lowest BCUT2D eigenvalue weighted by atomic mass is 10.1. The van der Waals surface area contributed by atoms with Gasteiger partial charge < -0.3 is 5.32 Å².